The zero-order chi connectivity index (χ0) is 17.2. The fourth-order valence-electron chi connectivity index (χ4n) is 2.74. The molecule has 0 bridgehead atoms. The molecule has 2 aromatic heterocycles. The van der Waals surface area contributed by atoms with Crippen molar-refractivity contribution in [1.29, 1.82) is 0 Å². The second-order valence-electron chi connectivity index (χ2n) is 5.74. The van der Waals surface area contributed by atoms with Crippen molar-refractivity contribution >= 4 is 22.4 Å². The molecular formula is C19H17N5O. The van der Waals surface area contributed by atoms with E-state index >= 15 is 0 Å². The molecule has 124 valence electrons. The Morgan fingerprint density at radius 1 is 1.08 bits per heavy atom. The van der Waals surface area contributed by atoms with E-state index in [9.17, 15) is 0 Å². The summed E-state index contributed by atoms with van der Waals surface area (Å²) in [4.78, 5) is 9.04. The Balaban J connectivity index is 1.65. The summed E-state index contributed by atoms with van der Waals surface area (Å²) in [5, 5.41) is 11.3. The van der Waals surface area contributed by atoms with Crippen molar-refractivity contribution in [1.82, 2.24) is 20.2 Å². The molecule has 4 aromatic rings. The van der Waals surface area contributed by atoms with E-state index in [1.54, 1.807) is 19.5 Å². The average molecular weight is 331 g/mol. The Morgan fingerprint density at radius 3 is 2.84 bits per heavy atom. The third kappa shape index (κ3) is 3.01. The SMILES string of the molecule is COc1ccc(-c2nccc(Nc3ccc4[nH]ncc4c3)n2)c(C)c1. The summed E-state index contributed by atoms with van der Waals surface area (Å²) in [6.07, 6.45) is 3.55. The Labute approximate surface area is 144 Å². The number of ether oxygens (including phenoxy) is 1. The van der Waals surface area contributed by atoms with E-state index in [2.05, 4.69) is 25.5 Å². The molecule has 2 aromatic carbocycles. The summed E-state index contributed by atoms with van der Waals surface area (Å²) in [6.45, 7) is 2.02. The summed E-state index contributed by atoms with van der Waals surface area (Å²) < 4.78 is 5.26. The number of aromatic nitrogens is 4. The Kier molecular flexibility index (Phi) is 3.78. The molecule has 4 rings (SSSR count). The first kappa shape index (κ1) is 15.1. The van der Waals surface area contributed by atoms with Crippen LogP contribution in [0, 0.1) is 6.92 Å². The van der Waals surface area contributed by atoms with Gasteiger partial charge in [-0.25, -0.2) is 9.97 Å². The minimum Gasteiger partial charge on any atom is -0.497 e. The van der Waals surface area contributed by atoms with Crippen LogP contribution in [-0.4, -0.2) is 27.3 Å². The van der Waals surface area contributed by atoms with E-state index in [4.69, 9.17) is 4.74 Å². The van der Waals surface area contributed by atoms with Crippen molar-refractivity contribution in [3.05, 3.63) is 60.4 Å². The molecule has 2 heterocycles. The van der Waals surface area contributed by atoms with Gasteiger partial charge in [0.2, 0.25) is 0 Å². The second kappa shape index (κ2) is 6.24. The van der Waals surface area contributed by atoms with E-state index in [-0.39, 0.29) is 0 Å². The zero-order valence-corrected chi connectivity index (χ0v) is 13.9. The molecule has 0 radical (unpaired) electrons. The Hall–Kier alpha value is -3.41. The lowest BCUT2D eigenvalue weighted by molar-refractivity contribution is 0.414. The van der Waals surface area contributed by atoms with Crippen LogP contribution in [0.15, 0.2) is 54.9 Å². The first-order valence-corrected chi connectivity index (χ1v) is 7.91. The van der Waals surface area contributed by atoms with Crippen LogP contribution in [0.3, 0.4) is 0 Å². The Morgan fingerprint density at radius 2 is 2.00 bits per heavy atom. The monoisotopic (exact) mass is 331 g/mol. The maximum absolute atomic E-state index is 5.26. The molecule has 6 heteroatoms. The normalized spacial score (nSPS) is 10.8. The van der Waals surface area contributed by atoms with Gasteiger partial charge >= 0.3 is 0 Å². The van der Waals surface area contributed by atoms with Gasteiger partial charge in [0, 0.05) is 22.8 Å². The fraction of sp³-hybridized carbons (Fsp3) is 0.105. The number of aryl methyl sites for hydroxylation is 1. The van der Waals surface area contributed by atoms with Crippen LogP contribution in [0.25, 0.3) is 22.3 Å². The van der Waals surface area contributed by atoms with E-state index in [0.29, 0.717) is 5.82 Å². The minimum atomic E-state index is 0.676. The molecule has 0 saturated carbocycles. The number of nitrogens with one attached hydrogen (secondary N) is 2. The second-order valence-corrected chi connectivity index (χ2v) is 5.74. The highest BCUT2D eigenvalue weighted by molar-refractivity contribution is 5.82. The molecule has 0 saturated heterocycles. The van der Waals surface area contributed by atoms with Crippen LogP contribution in [-0.2, 0) is 0 Å². The van der Waals surface area contributed by atoms with Gasteiger partial charge in [0.05, 0.1) is 18.8 Å². The van der Waals surface area contributed by atoms with Crippen molar-refractivity contribution in [3.8, 4) is 17.1 Å². The lowest BCUT2D eigenvalue weighted by Gasteiger charge is -2.09. The van der Waals surface area contributed by atoms with Gasteiger partial charge in [0.15, 0.2) is 5.82 Å². The van der Waals surface area contributed by atoms with E-state index in [0.717, 1.165) is 39.3 Å². The van der Waals surface area contributed by atoms with E-state index < -0.39 is 0 Å². The van der Waals surface area contributed by atoms with Crippen molar-refractivity contribution in [2.75, 3.05) is 12.4 Å². The predicted octanol–water partition coefficient (Wildman–Crippen LogP) is 4.08. The molecule has 0 aliphatic heterocycles. The van der Waals surface area contributed by atoms with Gasteiger partial charge in [-0.2, -0.15) is 5.10 Å². The van der Waals surface area contributed by atoms with Gasteiger partial charge in [-0.05, 0) is 55.0 Å². The zero-order valence-electron chi connectivity index (χ0n) is 13.9. The van der Waals surface area contributed by atoms with Gasteiger partial charge < -0.3 is 10.1 Å². The maximum Gasteiger partial charge on any atom is 0.161 e. The number of aromatic amines is 1. The number of benzene rings is 2. The number of H-pyrrole nitrogens is 1. The fourth-order valence-corrected chi connectivity index (χ4v) is 2.74. The summed E-state index contributed by atoms with van der Waals surface area (Å²) in [6, 6.07) is 13.7. The highest BCUT2D eigenvalue weighted by Gasteiger charge is 2.08. The number of rotatable bonds is 4. The van der Waals surface area contributed by atoms with Gasteiger partial charge in [-0.15, -0.1) is 0 Å². The highest BCUT2D eigenvalue weighted by atomic mass is 16.5. The molecule has 0 fully saturated rings. The lowest BCUT2D eigenvalue weighted by Crippen LogP contribution is -1.98. The maximum atomic E-state index is 5.26. The smallest absolute Gasteiger partial charge is 0.161 e. The average Bonchev–Trinajstić information content (AvgIpc) is 3.09. The first-order chi connectivity index (χ1) is 12.2. The third-order valence-electron chi connectivity index (χ3n) is 4.04. The molecule has 0 unspecified atom stereocenters. The highest BCUT2D eigenvalue weighted by Crippen LogP contribution is 2.26. The summed E-state index contributed by atoms with van der Waals surface area (Å²) >= 11 is 0. The molecule has 0 atom stereocenters. The summed E-state index contributed by atoms with van der Waals surface area (Å²) in [7, 11) is 1.66. The quantitative estimate of drug-likeness (QED) is 0.589. The predicted molar refractivity (Wildman–Crippen MR) is 98.1 cm³/mol. The number of anilines is 2. The van der Waals surface area contributed by atoms with E-state index in [1.165, 1.54) is 0 Å². The van der Waals surface area contributed by atoms with Crippen molar-refractivity contribution < 1.29 is 4.74 Å². The molecule has 0 spiro atoms. The number of methoxy groups -OCH3 is 1. The largest absolute Gasteiger partial charge is 0.497 e. The standard InChI is InChI=1S/C19H17N5O/c1-12-9-15(25-2)4-5-16(12)19-20-8-7-18(23-19)22-14-3-6-17-13(10-14)11-21-24-17/h3-11H,1-2H3,(H,21,24)(H,20,22,23). The van der Waals surface area contributed by atoms with Crippen LogP contribution >= 0.6 is 0 Å². The topological polar surface area (TPSA) is 75.7 Å². The van der Waals surface area contributed by atoms with Crippen LogP contribution < -0.4 is 10.1 Å². The number of fused-ring (bicyclic) bond motifs is 1. The van der Waals surface area contributed by atoms with Crippen molar-refractivity contribution in [3.63, 3.8) is 0 Å². The molecule has 25 heavy (non-hydrogen) atoms. The summed E-state index contributed by atoms with van der Waals surface area (Å²) in [5.74, 6) is 2.24. The Bertz CT molecular complexity index is 1040. The molecular weight excluding hydrogens is 314 g/mol. The van der Waals surface area contributed by atoms with Crippen molar-refractivity contribution in [2.24, 2.45) is 0 Å². The van der Waals surface area contributed by atoms with Gasteiger partial charge in [0.1, 0.15) is 11.6 Å². The lowest BCUT2D eigenvalue weighted by atomic mass is 10.1. The van der Waals surface area contributed by atoms with Crippen LogP contribution in [0.1, 0.15) is 5.56 Å². The summed E-state index contributed by atoms with van der Waals surface area (Å²) in [5.41, 5.74) is 4.00. The van der Waals surface area contributed by atoms with Crippen LogP contribution in [0.5, 0.6) is 5.75 Å². The van der Waals surface area contributed by atoms with Crippen molar-refractivity contribution in [2.45, 2.75) is 6.92 Å². The molecule has 0 aliphatic rings. The molecule has 0 aliphatic carbocycles. The molecule has 2 N–H and O–H groups in total. The van der Waals surface area contributed by atoms with Gasteiger partial charge in [-0.3, -0.25) is 5.10 Å². The number of hydrogen-bond donors (Lipinski definition) is 2. The van der Waals surface area contributed by atoms with Gasteiger partial charge in [0.25, 0.3) is 0 Å². The van der Waals surface area contributed by atoms with Crippen LogP contribution in [0.2, 0.25) is 0 Å². The number of hydrogen-bond acceptors (Lipinski definition) is 5. The van der Waals surface area contributed by atoms with Crippen LogP contribution in [0.4, 0.5) is 11.5 Å². The molecule has 6 nitrogen and oxygen atoms in total. The third-order valence-corrected chi connectivity index (χ3v) is 4.04. The number of nitrogens with zero attached hydrogens (tertiary/aromatic N) is 3. The van der Waals surface area contributed by atoms with E-state index in [1.807, 2.05) is 49.4 Å². The molecule has 0 amide bonds. The minimum absolute atomic E-state index is 0.676. The first-order valence-electron chi connectivity index (χ1n) is 7.91. The van der Waals surface area contributed by atoms with Gasteiger partial charge in [-0.1, -0.05) is 0 Å².